The number of nitrogens with zero attached hydrogens (tertiary/aromatic N) is 3. The van der Waals surface area contributed by atoms with Gasteiger partial charge in [0.05, 0.1) is 19.3 Å². The van der Waals surface area contributed by atoms with Crippen molar-refractivity contribution < 1.29 is 4.74 Å². The molecule has 82 valence electrons. The third-order valence-corrected chi connectivity index (χ3v) is 2.82. The molecule has 0 amide bonds. The van der Waals surface area contributed by atoms with Gasteiger partial charge >= 0.3 is 0 Å². The molecular weight excluding hydrogens is 214 g/mol. The standard InChI is InChI=1S/C10H14ClN3O/c1-2-8-6-15-4-3-14(8)10-5-9(11)12-7-13-10/h5,7-8H,2-4,6H2,1H3. The molecule has 2 heterocycles. The maximum Gasteiger partial charge on any atom is 0.134 e. The third-order valence-electron chi connectivity index (χ3n) is 2.61. The number of hydrogen-bond donors (Lipinski definition) is 0. The minimum absolute atomic E-state index is 0.393. The fraction of sp³-hybridized carbons (Fsp3) is 0.600. The van der Waals surface area contributed by atoms with Crippen LogP contribution in [0, 0.1) is 0 Å². The second-order valence-electron chi connectivity index (χ2n) is 3.53. The van der Waals surface area contributed by atoms with E-state index in [-0.39, 0.29) is 0 Å². The van der Waals surface area contributed by atoms with Crippen LogP contribution in [0.25, 0.3) is 0 Å². The zero-order valence-corrected chi connectivity index (χ0v) is 9.44. The maximum absolute atomic E-state index is 5.85. The van der Waals surface area contributed by atoms with Crippen molar-refractivity contribution in [2.75, 3.05) is 24.7 Å². The molecule has 1 atom stereocenters. The Morgan fingerprint density at radius 1 is 1.60 bits per heavy atom. The first-order valence-electron chi connectivity index (χ1n) is 5.13. The first-order valence-corrected chi connectivity index (χ1v) is 5.51. The molecule has 1 unspecified atom stereocenters. The molecule has 0 saturated carbocycles. The van der Waals surface area contributed by atoms with Crippen molar-refractivity contribution in [1.29, 1.82) is 0 Å². The summed E-state index contributed by atoms with van der Waals surface area (Å²) >= 11 is 5.85. The van der Waals surface area contributed by atoms with Crippen LogP contribution in [0.15, 0.2) is 12.4 Å². The average Bonchev–Trinajstić information content (AvgIpc) is 2.29. The van der Waals surface area contributed by atoms with Gasteiger partial charge in [0.1, 0.15) is 17.3 Å². The molecule has 0 bridgehead atoms. The van der Waals surface area contributed by atoms with E-state index >= 15 is 0 Å². The van der Waals surface area contributed by atoms with Crippen molar-refractivity contribution in [2.24, 2.45) is 0 Å². The second-order valence-corrected chi connectivity index (χ2v) is 3.92. The molecule has 0 aliphatic carbocycles. The Morgan fingerprint density at radius 2 is 2.47 bits per heavy atom. The summed E-state index contributed by atoms with van der Waals surface area (Å²) in [5.74, 6) is 0.894. The van der Waals surface area contributed by atoms with E-state index in [0.717, 1.165) is 32.0 Å². The summed E-state index contributed by atoms with van der Waals surface area (Å²) in [7, 11) is 0. The first kappa shape index (κ1) is 10.6. The van der Waals surface area contributed by atoms with E-state index in [1.807, 2.05) is 0 Å². The molecule has 0 spiro atoms. The Kier molecular flexibility index (Phi) is 3.38. The summed E-state index contributed by atoms with van der Waals surface area (Å²) in [5.41, 5.74) is 0. The van der Waals surface area contributed by atoms with Gasteiger partial charge in [-0.25, -0.2) is 9.97 Å². The summed E-state index contributed by atoms with van der Waals surface area (Å²) in [5, 5.41) is 0.487. The first-order chi connectivity index (χ1) is 7.31. The highest BCUT2D eigenvalue weighted by atomic mass is 35.5. The lowest BCUT2D eigenvalue weighted by molar-refractivity contribution is 0.0925. The van der Waals surface area contributed by atoms with Gasteiger partial charge in [-0.3, -0.25) is 0 Å². The number of morpholine rings is 1. The van der Waals surface area contributed by atoms with Crippen molar-refractivity contribution >= 4 is 17.4 Å². The Labute approximate surface area is 94.2 Å². The highest BCUT2D eigenvalue weighted by molar-refractivity contribution is 6.29. The number of aromatic nitrogens is 2. The normalized spacial score (nSPS) is 21.7. The van der Waals surface area contributed by atoms with Gasteiger partial charge in [-0.05, 0) is 6.42 Å². The van der Waals surface area contributed by atoms with E-state index < -0.39 is 0 Å². The van der Waals surface area contributed by atoms with Crippen LogP contribution in [0.5, 0.6) is 0 Å². The minimum atomic E-state index is 0.393. The summed E-state index contributed by atoms with van der Waals surface area (Å²) < 4.78 is 5.44. The van der Waals surface area contributed by atoms with Gasteiger partial charge in [-0.1, -0.05) is 18.5 Å². The molecule has 15 heavy (non-hydrogen) atoms. The van der Waals surface area contributed by atoms with Crippen LogP contribution >= 0.6 is 11.6 Å². The van der Waals surface area contributed by atoms with Gasteiger partial charge < -0.3 is 9.64 Å². The van der Waals surface area contributed by atoms with Gasteiger partial charge in [0.25, 0.3) is 0 Å². The topological polar surface area (TPSA) is 38.2 Å². The van der Waals surface area contributed by atoms with Crippen molar-refractivity contribution in [3.63, 3.8) is 0 Å². The van der Waals surface area contributed by atoms with Gasteiger partial charge in [0.15, 0.2) is 0 Å². The highest BCUT2D eigenvalue weighted by Crippen LogP contribution is 2.20. The smallest absolute Gasteiger partial charge is 0.134 e. The quantitative estimate of drug-likeness (QED) is 0.722. The number of halogens is 1. The van der Waals surface area contributed by atoms with E-state index in [4.69, 9.17) is 16.3 Å². The van der Waals surface area contributed by atoms with Crippen LogP contribution in [0.1, 0.15) is 13.3 Å². The molecule has 1 fully saturated rings. The summed E-state index contributed by atoms with van der Waals surface area (Å²) in [6.45, 7) is 4.53. The summed E-state index contributed by atoms with van der Waals surface area (Å²) in [4.78, 5) is 10.4. The van der Waals surface area contributed by atoms with E-state index in [1.165, 1.54) is 6.33 Å². The Hall–Kier alpha value is -0.870. The molecule has 1 aromatic heterocycles. The molecule has 1 saturated heterocycles. The van der Waals surface area contributed by atoms with Crippen LogP contribution in [0.2, 0.25) is 5.15 Å². The third kappa shape index (κ3) is 2.38. The SMILES string of the molecule is CCC1COCCN1c1cc(Cl)ncn1. The molecule has 0 aromatic carbocycles. The molecule has 5 heteroatoms. The Morgan fingerprint density at radius 3 is 3.20 bits per heavy atom. The van der Waals surface area contributed by atoms with Gasteiger partial charge in [0, 0.05) is 12.6 Å². The number of rotatable bonds is 2. The largest absolute Gasteiger partial charge is 0.377 e. The van der Waals surface area contributed by atoms with Gasteiger partial charge in [-0.15, -0.1) is 0 Å². The predicted octanol–water partition coefficient (Wildman–Crippen LogP) is 1.75. The van der Waals surface area contributed by atoms with E-state index in [0.29, 0.717) is 11.2 Å². The van der Waals surface area contributed by atoms with Crippen LogP contribution in [-0.2, 0) is 4.74 Å². The molecule has 1 aliphatic heterocycles. The van der Waals surface area contributed by atoms with Crippen LogP contribution in [-0.4, -0.2) is 35.8 Å². The molecule has 2 rings (SSSR count). The molecule has 0 radical (unpaired) electrons. The summed E-state index contributed by atoms with van der Waals surface area (Å²) in [6.07, 6.45) is 2.54. The Balaban J connectivity index is 2.20. The number of ether oxygens (including phenoxy) is 1. The second kappa shape index (κ2) is 4.77. The van der Waals surface area contributed by atoms with Gasteiger partial charge in [-0.2, -0.15) is 0 Å². The van der Waals surface area contributed by atoms with Gasteiger partial charge in [0.2, 0.25) is 0 Å². The minimum Gasteiger partial charge on any atom is -0.377 e. The van der Waals surface area contributed by atoms with E-state index in [9.17, 15) is 0 Å². The van der Waals surface area contributed by atoms with Crippen LogP contribution < -0.4 is 4.90 Å². The van der Waals surface area contributed by atoms with Crippen LogP contribution in [0.3, 0.4) is 0 Å². The number of hydrogen-bond acceptors (Lipinski definition) is 4. The van der Waals surface area contributed by atoms with E-state index in [2.05, 4.69) is 21.8 Å². The molecular formula is C10H14ClN3O. The average molecular weight is 228 g/mol. The van der Waals surface area contributed by atoms with Crippen LogP contribution in [0.4, 0.5) is 5.82 Å². The monoisotopic (exact) mass is 227 g/mol. The van der Waals surface area contributed by atoms with Crippen molar-refractivity contribution in [2.45, 2.75) is 19.4 Å². The van der Waals surface area contributed by atoms with E-state index in [1.54, 1.807) is 6.07 Å². The maximum atomic E-state index is 5.85. The summed E-state index contributed by atoms with van der Waals surface area (Å²) in [6, 6.07) is 2.19. The molecule has 4 nitrogen and oxygen atoms in total. The zero-order chi connectivity index (χ0) is 10.7. The lowest BCUT2D eigenvalue weighted by Gasteiger charge is -2.35. The Bertz CT molecular complexity index is 334. The fourth-order valence-electron chi connectivity index (χ4n) is 1.78. The van der Waals surface area contributed by atoms with Crippen molar-refractivity contribution in [3.05, 3.63) is 17.5 Å². The number of anilines is 1. The fourth-order valence-corrected chi connectivity index (χ4v) is 1.92. The molecule has 0 N–H and O–H groups in total. The zero-order valence-electron chi connectivity index (χ0n) is 8.69. The lowest BCUT2D eigenvalue weighted by Crippen LogP contribution is -2.45. The van der Waals surface area contributed by atoms with Crippen molar-refractivity contribution in [3.8, 4) is 0 Å². The highest BCUT2D eigenvalue weighted by Gasteiger charge is 2.22. The predicted molar refractivity (Wildman–Crippen MR) is 59.3 cm³/mol. The molecule has 1 aromatic rings. The molecule has 1 aliphatic rings. The van der Waals surface area contributed by atoms with Crippen molar-refractivity contribution in [1.82, 2.24) is 9.97 Å². The lowest BCUT2D eigenvalue weighted by atomic mass is 10.2.